The first-order valence-corrected chi connectivity index (χ1v) is 9.05. The van der Waals surface area contributed by atoms with Crippen LogP contribution in [0.15, 0.2) is 54.6 Å². The molecule has 0 aliphatic rings. The van der Waals surface area contributed by atoms with Crippen molar-refractivity contribution in [1.29, 1.82) is 0 Å². The number of nitrogens with zero attached hydrogens (tertiary/aromatic N) is 2. The maximum absolute atomic E-state index is 13.1. The van der Waals surface area contributed by atoms with Crippen molar-refractivity contribution in [2.75, 3.05) is 12.4 Å². The van der Waals surface area contributed by atoms with E-state index in [4.69, 9.17) is 9.84 Å². The third-order valence-electron chi connectivity index (χ3n) is 4.34. The second-order valence-corrected chi connectivity index (χ2v) is 7.63. The topological polar surface area (TPSA) is 56.1 Å². The van der Waals surface area contributed by atoms with Crippen LogP contribution in [0, 0.1) is 5.82 Å². The van der Waals surface area contributed by atoms with Gasteiger partial charge in [-0.15, -0.1) is 0 Å². The van der Waals surface area contributed by atoms with Crippen molar-refractivity contribution in [2.45, 2.75) is 32.6 Å². The molecule has 0 spiro atoms. The highest BCUT2D eigenvalue weighted by Gasteiger charge is 2.21. The van der Waals surface area contributed by atoms with Crippen molar-refractivity contribution >= 4 is 11.7 Å². The van der Waals surface area contributed by atoms with Gasteiger partial charge in [0.05, 0.1) is 24.9 Å². The number of anilines is 1. The highest BCUT2D eigenvalue weighted by atomic mass is 19.1. The summed E-state index contributed by atoms with van der Waals surface area (Å²) in [7, 11) is 1.61. The molecular weight excluding hydrogens is 357 g/mol. The zero-order valence-electron chi connectivity index (χ0n) is 16.5. The average Bonchev–Trinajstić information content (AvgIpc) is 3.08. The summed E-state index contributed by atoms with van der Waals surface area (Å²) in [6, 6.07) is 15.3. The van der Waals surface area contributed by atoms with E-state index in [1.807, 2.05) is 30.3 Å². The van der Waals surface area contributed by atoms with Gasteiger partial charge in [-0.3, -0.25) is 4.79 Å². The first-order chi connectivity index (χ1) is 13.3. The van der Waals surface area contributed by atoms with Crippen LogP contribution in [0.5, 0.6) is 5.75 Å². The van der Waals surface area contributed by atoms with Crippen LogP contribution in [0.1, 0.15) is 32.0 Å². The summed E-state index contributed by atoms with van der Waals surface area (Å²) in [6.45, 7) is 6.20. The second-order valence-electron chi connectivity index (χ2n) is 7.63. The fraction of sp³-hybridized carbons (Fsp3) is 0.273. The van der Waals surface area contributed by atoms with Crippen LogP contribution in [-0.4, -0.2) is 22.8 Å². The number of amides is 1. The number of benzene rings is 2. The Hall–Kier alpha value is -3.15. The molecular formula is C22H24FN3O2. The minimum atomic E-state index is -0.323. The number of hydrogen-bond donors (Lipinski definition) is 1. The smallest absolute Gasteiger partial charge is 0.229 e. The Balaban J connectivity index is 1.88. The molecule has 5 nitrogen and oxygen atoms in total. The molecule has 146 valence electrons. The Morgan fingerprint density at radius 2 is 1.75 bits per heavy atom. The maximum atomic E-state index is 13.1. The predicted molar refractivity (Wildman–Crippen MR) is 108 cm³/mol. The number of nitrogens with one attached hydrogen (secondary N) is 1. The molecule has 0 bridgehead atoms. The summed E-state index contributed by atoms with van der Waals surface area (Å²) in [5.41, 5.74) is 2.24. The Kier molecular flexibility index (Phi) is 5.49. The van der Waals surface area contributed by atoms with Crippen molar-refractivity contribution in [3.8, 4) is 11.4 Å². The average molecular weight is 381 g/mol. The van der Waals surface area contributed by atoms with Gasteiger partial charge in [0.2, 0.25) is 5.91 Å². The first kappa shape index (κ1) is 19.6. The van der Waals surface area contributed by atoms with E-state index < -0.39 is 0 Å². The van der Waals surface area contributed by atoms with Crippen molar-refractivity contribution in [1.82, 2.24) is 9.78 Å². The number of carbonyl (C=O) groups is 1. The summed E-state index contributed by atoms with van der Waals surface area (Å²) in [5, 5.41) is 7.62. The van der Waals surface area contributed by atoms with Gasteiger partial charge in [-0.2, -0.15) is 5.10 Å². The van der Waals surface area contributed by atoms with Crippen LogP contribution < -0.4 is 10.1 Å². The molecule has 0 aliphatic heterocycles. The molecule has 0 fully saturated rings. The number of rotatable bonds is 5. The van der Waals surface area contributed by atoms with Crippen LogP contribution in [-0.2, 0) is 16.6 Å². The standard InChI is InChI=1S/C22H24FN3O2/c1-22(2,3)19-14-20(24-21(27)13-15-5-7-16(23)8-6-15)26(25-19)17-9-11-18(28-4)12-10-17/h5-12,14H,13H2,1-4H3,(H,24,27). The SMILES string of the molecule is COc1ccc(-n2nc(C(C)(C)C)cc2NC(=O)Cc2ccc(F)cc2)cc1. The molecule has 0 radical (unpaired) electrons. The number of aromatic nitrogens is 2. The van der Waals surface area contributed by atoms with Crippen molar-refractivity contribution in [3.05, 3.63) is 71.7 Å². The molecule has 1 aromatic heterocycles. The molecule has 1 heterocycles. The van der Waals surface area contributed by atoms with Crippen LogP contribution in [0.25, 0.3) is 5.69 Å². The highest BCUT2D eigenvalue weighted by molar-refractivity contribution is 5.91. The van der Waals surface area contributed by atoms with Gasteiger partial charge in [0.15, 0.2) is 0 Å². The van der Waals surface area contributed by atoms with Crippen molar-refractivity contribution in [3.63, 3.8) is 0 Å². The number of methoxy groups -OCH3 is 1. The number of ether oxygens (including phenoxy) is 1. The molecule has 3 rings (SSSR count). The number of carbonyl (C=O) groups excluding carboxylic acids is 1. The minimum Gasteiger partial charge on any atom is -0.497 e. The monoisotopic (exact) mass is 381 g/mol. The number of hydrogen-bond acceptors (Lipinski definition) is 3. The van der Waals surface area contributed by atoms with Gasteiger partial charge in [-0.25, -0.2) is 9.07 Å². The first-order valence-electron chi connectivity index (χ1n) is 9.05. The van der Waals surface area contributed by atoms with Gasteiger partial charge in [0.25, 0.3) is 0 Å². The molecule has 1 amide bonds. The van der Waals surface area contributed by atoms with Crippen LogP contribution in [0.4, 0.5) is 10.2 Å². The lowest BCUT2D eigenvalue weighted by Gasteiger charge is -2.14. The lowest BCUT2D eigenvalue weighted by molar-refractivity contribution is -0.115. The largest absolute Gasteiger partial charge is 0.497 e. The van der Waals surface area contributed by atoms with Crippen LogP contribution >= 0.6 is 0 Å². The lowest BCUT2D eigenvalue weighted by atomic mass is 9.92. The Morgan fingerprint density at radius 1 is 1.11 bits per heavy atom. The van der Waals surface area contributed by atoms with E-state index >= 15 is 0 Å². The van der Waals surface area contributed by atoms with Gasteiger partial charge < -0.3 is 10.1 Å². The van der Waals surface area contributed by atoms with Gasteiger partial charge in [0, 0.05) is 11.5 Å². The summed E-state index contributed by atoms with van der Waals surface area (Å²) in [4.78, 5) is 12.5. The van der Waals surface area contributed by atoms with Crippen LogP contribution in [0.3, 0.4) is 0 Å². The lowest BCUT2D eigenvalue weighted by Crippen LogP contribution is -2.17. The molecule has 0 aliphatic carbocycles. The molecule has 3 aromatic rings. The van der Waals surface area contributed by atoms with Gasteiger partial charge in [-0.1, -0.05) is 32.9 Å². The van der Waals surface area contributed by atoms with Gasteiger partial charge in [-0.05, 0) is 42.0 Å². The summed E-state index contributed by atoms with van der Waals surface area (Å²) < 4.78 is 20.0. The van der Waals surface area contributed by atoms with Gasteiger partial charge >= 0.3 is 0 Å². The zero-order valence-corrected chi connectivity index (χ0v) is 16.5. The molecule has 2 aromatic carbocycles. The molecule has 0 atom stereocenters. The predicted octanol–water partition coefficient (Wildman–Crippen LogP) is 4.50. The molecule has 1 N–H and O–H groups in total. The maximum Gasteiger partial charge on any atom is 0.229 e. The third kappa shape index (κ3) is 4.57. The van der Waals surface area contributed by atoms with Crippen LogP contribution in [0.2, 0.25) is 0 Å². The van der Waals surface area contributed by atoms with E-state index in [9.17, 15) is 9.18 Å². The van der Waals surface area contributed by atoms with Gasteiger partial charge in [0.1, 0.15) is 17.4 Å². The number of halogens is 1. The summed E-state index contributed by atoms with van der Waals surface area (Å²) in [5.74, 6) is 0.814. The fourth-order valence-corrected chi connectivity index (χ4v) is 2.73. The third-order valence-corrected chi connectivity index (χ3v) is 4.34. The Morgan fingerprint density at radius 3 is 2.32 bits per heavy atom. The van der Waals surface area contributed by atoms with E-state index in [0.717, 1.165) is 22.7 Å². The summed E-state index contributed by atoms with van der Waals surface area (Å²) >= 11 is 0. The highest BCUT2D eigenvalue weighted by Crippen LogP contribution is 2.27. The van der Waals surface area contributed by atoms with E-state index in [1.54, 1.807) is 23.9 Å². The summed E-state index contributed by atoms with van der Waals surface area (Å²) in [6.07, 6.45) is 0.152. The molecule has 0 saturated carbocycles. The van der Waals surface area contributed by atoms with E-state index in [0.29, 0.717) is 5.82 Å². The molecule has 0 unspecified atom stereocenters. The molecule has 0 saturated heterocycles. The fourth-order valence-electron chi connectivity index (χ4n) is 2.73. The Bertz CT molecular complexity index is 955. The van der Waals surface area contributed by atoms with Crippen molar-refractivity contribution in [2.24, 2.45) is 0 Å². The second kappa shape index (κ2) is 7.84. The quantitative estimate of drug-likeness (QED) is 0.708. The van der Waals surface area contributed by atoms with Crippen molar-refractivity contribution < 1.29 is 13.9 Å². The van der Waals surface area contributed by atoms with E-state index in [2.05, 4.69) is 26.1 Å². The Labute approximate surface area is 164 Å². The molecule has 28 heavy (non-hydrogen) atoms. The zero-order chi connectivity index (χ0) is 20.3. The van der Waals surface area contributed by atoms with E-state index in [-0.39, 0.29) is 23.6 Å². The van der Waals surface area contributed by atoms with E-state index in [1.165, 1.54) is 12.1 Å². The normalized spacial score (nSPS) is 11.3. The minimum absolute atomic E-state index is 0.152. The molecule has 6 heteroatoms.